The fourth-order valence-electron chi connectivity index (χ4n) is 2.99. The number of hydrogen-bond donors (Lipinski definition) is 0. The SMILES string of the molecule is O=C(/C=C\C1=CCCC1)N1CCN(c2cccc(Cl)c2)CC1. The topological polar surface area (TPSA) is 23.6 Å². The first-order valence-corrected chi connectivity index (χ1v) is 8.27. The molecular formula is C18H21ClN2O. The lowest BCUT2D eigenvalue weighted by molar-refractivity contribution is -0.126. The lowest BCUT2D eigenvalue weighted by atomic mass is 10.2. The van der Waals surface area contributed by atoms with Gasteiger partial charge in [0.25, 0.3) is 0 Å². The van der Waals surface area contributed by atoms with Gasteiger partial charge in [-0.25, -0.2) is 0 Å². The summed E-state index contributed by atoms with van der Waals surface area (Å²) in [5.74, 6) is 0.124. The predicted molar refractivity (Wildman–Crippen MR) is 91.3 cm³/mol. The molecule has 0 radical (unpaired) electrons. The molecule has 1 saturated heterocycles. The summed E-state index contributed by atoms with van der Waals surface area (Å²) in [6.45, 7) is 3.22. The van der Waals surface area contributed by atoms with E-state index in [1.54, 1.807) is 6.08 Å². The molecule has 1 amide bonds. The number of hydrogen-bond acceptors (Lipinski definition) is 2. The number of anilines is 1. The van der Waals surface area contributed by atoms with Crippen LogP contribution in [-0.2, 0) is 4.79 Å². The van der Waals surface area contributed by atoms with E-state index in [0.29, 0.717) is 0 Å². The van der Waals surface area contributed by atoms with Crippen molar-refractivity contribution in [2.45, 2.75) is 19.3 Å². The monoisotopic (exact) mass is 316 g/mol. The lowest BCUT2D eigenvalue weighted by Gasteiger charge is -2.35. The summed E-state index contributed by atoms with van der Waals surface area (Å²) in [7, 11) is 0. The van der Waals surface area contributed by atoms with Gasteiger partial charge in [0.05, 0.1) is 0 Å². The zero-order valence-electron chi connectivity index (χ0n) is 12.7. The van der Waals surface area contributed by atoms with Crippen molar-refractivity contribution in [3.63, 3.8) is 0 Å². The zero-order chi connectivity index (χ0) is 15.4. The van der Waals surface area contributed by atoms with E-state index in [1.807, 2.05) is 29.2 Å². The predicted octanol–water partition coefficient (Wildman–Crippen LogP) is 3.66. The highest BCUT2D eigenvalue weighted by Crippen LogP contribution is 2.21. The molecule has 1 heterocycles. The van der Waals surface area contributed by atoms with Crippen molar-refractivity contribution in [2.75, 3.05) is 31.1 Å². The molecule has 0 saturated carbocycles. The number of nitrogens with zero attached hydrogens (tertiary/aromatic N) is 2. The van der Waals surface area contributed by atoms with Crippen LogP contribution in [0.15, 0.2) is 48.1 Å². The lowest BCUT2D eigenvalue weighted by Crippen LogP contribution is -2.48. The highest BCUT2D eigenvalue weighted by atomic mass is 35.5. The third kappa shape index (κ3) is 3.72. The Hall–Kier alpha value is -1.74. The van der Waals surface area contributed by atoms with Gasteiger partial charge < -0.3 is 9.80 Å². The highest BCUT2D eigenvalue weighted by molar-refractivity contribution is 6.30. The average Bonchev–Trinajstić information content (AvgIpc) is 3.06. The Labute approximate surface area is 136 Å². The van der Waals surface area contributed by atoms with Gasteiger partial charge in [-0.05, 0) is 37.5 Å². The Balaban J connectivity index is 1.54. The number of halogens is 1. The van der Waals surface area contributed by atoms with Gasteiger partial charge in [-0.1, -0.05) is 35.4 Å². The maximum absolute atomic E-state index is 12.2. The van der Waals surface area contributed by atoms with Gasteiger partial charge in [0.2, 0.25) is 5.91 Å². The second-order valence-electron chi connectivity index (χ2n) is 5.80. The Morgan fingerprint density at radius 2 is 2.00 bits per heavy atom. The van der Waals surface area contributed by atoms with Gasteiger partial charge in [-0.15, -0.1) is 0 Å². The summed E-state index contributed by atoms with van der Waals surface area (Å²) < 4.78 is 0. The van der Waals surface area contributed by atoms with E-state index in [0.717, 1.165) is 49.7 Å². The zero-order valence-corrected chi connectivity index (χ0v) is 13.4. The Morgan fingerprint density at radius 1 is 1.18 bits per heavy atom. The van der Waals surface area contributed by atoms with Gasteiger partial charge in [0.1, 0.15) is 0 Å². The van der Waals surface area contributed by atoms with Gasteiger partial charge in [-0.2, -0.15) is 0 Å². The minimum absolute atomic E-state index is 0.124. The molecule has 0 bridgehead atoms. The van der Waals surface area contributed by atoms with Gasteiger partial charge in [0.15, 0.2) is 0 Å². The number of allylic oxidation sites excluding steroid dienone is 3. The molecule has 1 aliphatic heterocycles. The van der Waals surface area contributed by atoms with E-state index in [2.05, 4.69) is 17.0 Å². The molecule has 0 spiro atoms. The number of rotatable bonds is 3. The summed E-state index contributed by atoms with van der Waals surface area (Å²) in [6.07, 6.45) is 9.40. The largest absolute Gasteiger partial charge is 0.368 e. The van der Waals surface area contributed by atoms with E-state index in [9.17, 15) is 4.79 Å². The fraction of sp³-hybridized carbons (Fsp3) is 0.389. The van der Waals surface area contributed by atoms with Crippen LogP contribution in [0.5, 0.6) is 0 Å². The maximum Gasteiger partial charge on any atom is 0.246 e. The van der Waals surface area contributed by atoms with E-state index >= 15 is 0 Å². The molecule has 0 N–H and O–H groups in total. The van der Waals surface area contributed by atoms with Crippen LogP contribution in [0, 0.1) is 0 Å². The first-order valence-electron chi connectivity index (χ1n) is 7.89. The minimum atomic E-state index is 0.124. The fourth-order valence-corrected chi connectivity index (χ4v) is 3.17. The molecule has 0 aromatic heterocycles. The smallest absolute Gasteiger partial charge is 0.246 e. The summed E-state index contributed by atoms with van der Waals surface area (Å²) in [5.41, 5.74) is 2.43. The van der Waals surface area contributed by atoms with Crippen molar-refractivity contribution in [1.29, 1.82) is 0 Å². The number of carbonyl (C=O) groups is 1. The van der Waals surface area contributed by atoms with Gasteiger partial charge in [-0.3, -0.25) is 4.79 Å². The molecular weight excluding hydrogens is 296 g/mol. The van der Waals surface area contributed by atoms with Crippen LogP contribution < -0.4 is 4.90 Å². The molecule has 0 unspecified atom stereocenters. The summed E-state index contributed by atoms with van der Waals surface area (Å²) in [5, 5.41) is 0.753. The molecule has 22 heavy (non-hydrogen) atoms. The molecule has 1 aliphatic carbocycles. The molecule has 1 fully saturated rings. The van der Waals surface area contributed by atoms with E-state index in [1.165, 1.54) is 12.0 Å². The van der Waals surface area contributed by atoms with Crippen LogP contribution in [0.1, 0.15) is 19.3 Å². The highest BCUT2D eigenvalue weighted by Gasteiger charge is 2.20. The number of piperazine rings is 1. The van der Waals surface area contributed by atoms with Crippen LogP contribution in [0.3, 0.4) is 0 Å². The van der Waals surface area contributed by atoms with Crippen LogP contribution in [-0.4, -0.2) is 37.0 Å². The first kappa shape index (κ1) is 15.2. The molecule has 1 aromatic carbocycles. The van der Waals surface area contributed by atoms with Crippen molar-refractivity contribution in [2.24, 2.45) is 0 Å². The summed E-state index contributed by atoms with van der Waals surface area (Å²) in [6, 6.07) is 7.89. The second-order valence-corrected chi connectivity index (χ2v) is 6.23. The van der Waals surface area contributed by atoms with E-state index in [-0.39, 0.29) is 5.91 Å². The van der Waals surface area contributed by atoms with Gasteiger partial charge >= 0.3 is 0 Å². The van der Waals surface area contributed by atoms with Crippen molar-refractivity contribution in [3.8, 4) is 0 Å². The Morgan fingerprint density at radius 3 is 2.68 bits per heavy atom. The molecule has 4 heteroatoms. The Bertz CT molecular complexity index is 601. The van der Waals surface area contributed by atoms with Crippen LogP contribution in [0.4, 0.5) is 5.69 Å². The third-order valence-corrected chi connectivity index (χ3v) is 4.52. The van der Waals surface area contributed by atoms with Crippen molar-refractivity contribution in [3.05, 3.63) is 53.1 Å². The minimum Gasteiger partial charge on any atom is -0.368 e. The number of carbonyl (C=O) groups excluding carboxylic acids is 1. The average molecular weight is 317 g/mol. The van der Waals surface area contributed by atoms with E-state index in [4.69, 9.17) is 11.6 Å². The normalized spacial score (nSPS) is 18.9. The molecule has 3 rings (SSSR count). The number of benzene rings is 1. The quantitative estimate of drug-likeness (QED) is 0.795. The number of amides is 1. The Kier molecular flexibility index (Phi) is 4.84. The molecule has 2 aliphatic rings. The summed E-state index contributed by atoms with van der Waals surface area (Å²) >= 11 is 6.04. The molecule has 0 atom stereocenters. The van der Waals surface area contributed by atoms with Crippen molar-refractivity contribution in [1.82, 2.24) is 4.90 Å². The molecule has 3 nitrogen and oxygen atoms in total. The second kappa shape index (κ2) is 7.01. The molecule has 1 aromatic rings. The standard InChI is InChI=1S/C18H21ClN2O/c19-16-6-3-7-17(14-16)20-10-12-21(13-11-20)18(22)9-8-15-4-1-2-5-15/h3-4,6-9,14H,1-2,5,10-13H2/b9-8-. The third-order valence-electron chi connectivity index (χ3n) is 4.28. The van der Waals surface area contributed by atoms with Crippen molar-refractivity contribution < 1.29 is 4.79 Å². The van der Waals surface area contributed by atoms with Crippen molar-refractivity contribution >= 4 is 23.2 Å². The first-order chi connectivity index (χ1) is 10.7. The van der Waals surface area contributed by atoms with Crippen LogP contribution >= 0.6 is 11.6 Å². The maximum atomic E-state index is 12.2. The van der Waals surface area contributed by atoms with Gasteiger partial charge in [0, 0.05) is 43.0 Å². The molecule has 116 valence electrons. The van der Waals surface area contributed by atoms with Crippen LogP contribution in [0.2, 0.25) is 5.02 Å². The van der Waals surface area contributed by atoms with E-state index < -0.39 is 0 Å². The van der Waals surface area contributed by atoms with Crippen LogP contribution in [0.25, 0.3) is 0 Å². The summed E-state index contributed by atoms with van der Waals surface area (Å²) in [4.78, 5) is 16.4.